The first kappa shape index (κ1) is 16.3. The molecule has 0 aliphatic carbocycles. The van der Waals surface area contributed by atoms with Gasteiger partial charge in [0.05, 0.1) is 10.3 Å². The van der Waals surface area contributed by atoms with Crippen molar-refractivity contribution in [3.8, 4) is 0 Å². The lowest BCUT2D eigenvalue weighted by Gasteiger charge is -2.23. The third-order valence-electron chi connectivity index (χ3n) is 3.40. The zero-order chi connectivity index (χ0) is 15.7. The number of benzene rings is 2. The minimum atomic E-state index is -3.52. The lowest BCUT2D eigenvalue weighted by Crippen LogP contribution is -2.30. The van der Waals surface area contributed by atoms with Crippen molar-refractivity contribution in [1.82, 2.24) is 4.31 Å². The van der Waals surface area contributed by atoms with Gasteiger partial charge in [-0.25, -0.2) is 8.42 Å². The van der Waals surface area contributed by atoms with Crippen molar-refractivity contribution in [2.45, 2.75) is 10.3 Å². The van der Waals surface area contributed by atoms with Crippen molar-refractivity contribution >= 4 is 49.3 Å². The van der Waals surface area contributed by atoms with Crippen LogP contribution in [0.15, 0.2) is 57.9 Å². The van der Waals surface area contributed by atoms with Gasteiger partial charge >= 0.3 is 0 Å². The molecule has 0 unspecified atom stereocenters. The van der Waals surface area contributed by atoms with E-state index in [4.69, 9.17) is 11.6 Å². The molecule has 1 heterocycles. The molecule has 1 aliphatic heterocycles. The van der Waals surface area contributed by atoms with Crippen LogP contribution in [0.3, 0.4) is 0 Å². The van der Waals surface area contributed by atoms with Crippen molar-refractivity contribution in [2.75, 3.05) is 12.3 Å². The zero-order valence-corrected chi connectivity index (χ0v) is 15.4. The van der Waals surface area contributed by atoms with Gasteiger partial charge in [0.15, 0.2) is 0 Å². The first-order chi connectivity index (χ1) is 10.5. The summed E-state index contributed by atoms with van der Waals surface area (Å²) < 4.78 is 28.2. The summed E-state index contributed by atoms with van der Waals surface area (Å²) in [5.41, 5.74) is 0.913. The number of halogens is 2. The third kappa shape index (κ3) is 3.21. The van der Waals surface area contributed by atoms with E-state index in [0.717, 1.165) is 15.8 Å². The van der Waals surface area contributed by atoms with Gasteiger partial charge in [0.1, 0.15) is 0 Å². The summed E-state index contributed by atoms with van der Waals surface area (Å²) in [6.45, 7) is 0.500. The van der Waals surface area contributed by atoms with Crippen LogP contribution in [-0.2, 0) is 10.0 Å². The van der Waals surface area contributed by atoms with Gasteiger partial charge in [-0.15, -0.1) is 11.8 Å². The van der Waals surface area contributed by atoms with Gasteiger partial charge in [0.2, 0.25) is 10.0 Å². The van der Waals surface area contributed by atoms with Crippen molar-refractivity contribution in [1.29, 1.82) is 0 Å². The van der Waals surface area contributed by atoms with Crippen molar-refractivity contribution in [3.05, 3.63) is 63.6 Å². The Morgan fingerprint density at radius 2 is 1.91 bits per heavy atom. The van der Waals surface area contributed by atoms with Crippen LogP contribution >= 0.6 is 39.3 Å². The topological polar surface area (TPSA) is 37.4 Å². The second-order valence-corrected chi connectivity index (χ2v) is 9.28. The number of hydrogen-bond acceptors (Lipinski definition) is 3. The van der Waals surface area contributed by atoms with E-state index in [2.05, 4.69) is 15.9 Å². The van der Waals surface area contributed by atoms with Gasteiger partial charge in [-0.05, 0) is 42.0 Å². The molecule has 2 aromatic rings. The number of hydrogen-bond donors (Lipinski definition) is 0. The van der Waals surface area contributed by atoms with E-state index in [1.165, 1.54) is 0 Å². The number of rotatable bonds is 3. The van der Waals surface area contributed by atoms with Crippen LogP contribution in [0.5, 0.6) is 0 Å². The summed E-state index contributed by atoms with van der Waals surface area (Å²) in [5.74, 6) is 0.771. The summed E-state index contributed by atoms with van der Waals surface area (Å²) >= 11 is 11.0. The van der Waals surface area contributed by atoms with E-state index in [1.54, 1.807) is 46.4 Å². The minimum absolute atomic E-state index is 0.229. The molecule has 22 heavy (non-hydrogen) atoms. The predicted octanol–water partition coefficient (Wildman–Crippen LogP) is 4.54. The molecule has 0 spiro atoms. The monoisotopic (exact) mass is 417 g/mol. The third-order valence-corrected chi connectivity index (χ3v) is 7.44. The quantitative estimate of drug-likeness (QED) is 0.734. The number of thioether (sulfide) groups is 1. The second-order valence-electron chi connectivity index (χ2n) is 4.85. The molecule has 3 rings (SSSR count). The average Bonchev–Trinajstić information content (AvgIpc) is 2.98. The smallest absolute Gasteiger partial charge is 0.207 e. The van der Waals surface area contributed by atoms with Crippen LogP contribution in [0.4, 0.5) is 0 Å². The molecule has 0 saturated carbocycles. The fourth-order valence-corrected chi connectivity index (χ4v) is 6.06. The standard InChI is InChI=1S/C15H13BrClNO2S2/c16-12-4-6-14(7-5-12)22(19,20)18-8-9-21-15(18)11-2-1-3-13(17)10-11/h1-7,10,15H,8-9H2/t15-/m1/s1. The highest BCUT2D eigenvalue weighted by molar-refractivity contribution is 9.10. The fraction of sp³-hybridized carbons (Fsp3) is 0.200. The molecule has 1 aliphatic rings. The van der Waals surface area contributed by atoms with Crippen molar-refractivity contribution in [3.63, 3.8) is 0 Å². The van der Waals surface area contributed by atoms with Crippen LogP contribution in [0, 0.1) is 0 Å². The fourth-order valence-electron chi connectivity index (χ4n) is 2.37. The molecule has 1 saturated heterocycles. The van der Waals surface area contributed by atoms with Gasteiger partial charge < -0.3 is 0 Å². The molecular weight excluding hydrogens is 406 g/mol. The summed E-state index contributed by atoms with van der Waals surface area (Å²) in [4.78, 5) is 0.310. The highest BCUT2D eigenvalue weighted by Gasteiger charge is 2.36. The molecule has 0 amide bonds. The Kier molecular flexibility index (Phi) is 4.85. The lowest BCUT2D eigenvalue weighted by atomic mass is 10.2. The van der Waals surface area contributed by atoms with E-state index in [0.29, 0.717) is 16.5 Å². The molecule has 1 fully saturated rings. The van der Waals surface area contributed by atoms with Crippen molar-refractivity contribution in [2.24, 2.45) is 0 Å². The van der Waals surface area contributed by atoms with Crippen LogP contribution in [0.2, 0.25) is 5.02 Å². The van der Waals surface area contributed by atoms with E-state index >= 15 is 0 Å². The van der Waals surface area contributed by atoms with Gasteiger partial charge in [-0.3, -0.25) is 0 Å². The summed E-state index contributed by atoms with van der Waals surface area (Å²) in [6, 6.07) is 14.1. The molecule has 7 heteroatoms. The minimum Gasteiger partial charge on any atom is -0.207 e. The molecule has 1 atom stereocenters. The van der Waals surface area contributed by atoms with Crippen LogP contribution in [0.25, 0.3) is 0 Å². The highest BCUT2D eigenvalue weighted by Crippen LogP contribution is 2.41. The number of nitrogens with zero attached hydrogens (tertiary/aromatic N) is 1. The molecule has 0 radical (unpaired) electrons. The van der Waals surface area contributed by atoms with E-state index in [1.807, 2.05) is 18.2 Å². The van der Waals surface area contributed by atoms with Crippen LogP contribution < -0.4 is 0 Å². The SMILES string of the molecule is O=S(=O)(c1ccc(Br)cc1)N1CCS[C@@H]1c1cccc(Cl)c1. The highest BCUT2D eigenvalue weighted by atomic mass is 79.9. The summed E-state index contributed by atoms with van der Waals surface area (Å²) in [7, 11) is -3.52. The van der Waals surface area contributed by atoms with Crippen LogP contribution in [0.1, 0.15) is 10.9 Å². The second kappa shape index (κ2) is 6.53. The Bertz CT molecular complexity index is 780. The van der Waals surface area contributed by atoms with Gasteiger partial charge in [0, 0.05) is 21.8 Å². The Labute approximate surface area is 147 Å². The molecule has 0 N–H and O–H groups in total. The van der Waals surface area contributed by atoms with Gasteiger partial charge in [0.25, 0.3) is 0 Å². The molecule has 116 valence electrons. The molecule has 3 nitrogen and oxygen atoms in total. The van der Waals surface area contributed by atoms with Crippen molar-refractivity contribution < 1.29 is 8.42 Å². The normalized spacial score (nSPS) is 19.5. The lowest BCUT2D eigenvalue weighted by molar-refractivity contribution is 0.434. The maximum absolute atomic E-state index is 12.9. The summed E-state index contributed by atoms with van der Waals surface area (Å²) in [5, 5.41) is 0.387. The van der Waals surface area contributed by atoms with E-state index < -0.39 is 10.0 Å². The Morgan fingerprint density at radius 1 is 1.18 bits per heavy atom. The van der Waals surface area contributed by atoms with Crippen LogP contribution in [-0.4, -0.2) is 25.0 Å². The predicted molar refractivity (Wildman–Crippen MR) is 94.7 cm³/mol. The molecule has 2 aromatic carbocycles. The average molecular weight is 419 g/mol. The first-order valence-corrected chi connectivity index (χ1v) is 10.3. The first-order valence-electron chi connectivity index (χ1n) is 6.63. The van der Waals surface area contributed by atoms with E-state index in [-0.39, 0.29) is 5.37 Å². The Balaban J connectivity index is 1.97. The van der Waals surface area contributed by atoms with Gasteiger partial charge in [-0.1, -0.05) is 39.7 Å². The molecular formula is C15H13BrClNO2S2. The maximum Gasteiger partial charge on any atom is 0.244 e. The van der Waals surface area contributed by atoms with E-state index in [9.17, 15) is 8.42 Å². The number of sulfonamides is 1. The Morgan fingerprint density at radius 3 is 2.59 bits per heavy atom. The molecule has 0 aromatic heterocycles. The van der Waals surface area contributed by atoms with Gasteiger partial charge in [-0.2, -0.15) is 4.31 Å². The largest absolute Gasteiger partial charge is 0.244 e. The zero-order valence-electron chi connectivity index (χ0n) is 11.4. The maximum atomic E-state index is 12.9. The summed E-state index contributed by atoms with van der Waals surface area (Å²) in [6.07, 6.45) is 0. The Hall–Kier alpha value is -0.530. The molecule has 0 bridgehead atoms.